The topological polar surface area (TPSA) is 80.6 Å². The molecule has 1 rings (SSSR count). The second kappa shape index (κ2) is 9.78. The van der Waals surface area contributed by atoms with Crippen molar-refractivity contribution in [3.63, 3.8) is 0 Å². The zero-order valence-corrected chi connectivity index (χ0v) is 11.4. The van der Waals surface area contributed by atoms with Gasteiger partial charge < -0.3 is 19.5 Å². The van der Waals surface area contributed by atoms with Gasteiger partial charge in [0.2, 0.25) is 0 Å². The highest BCUT2D eigenvalue weighted by Crippen LogP contribution is 2.10. The summed E-state index contributed by atoms with van der Waals surface area (Å²) in [6.07, 6.45) is 0. The fourth-order valence-electron chi connectivity index (χ4n) is 1.33. The highest BCUT2D eigenvalue weighted by Gasteiger charge is 2.02. The minimum atomic E-state index is -0.218. The average molecular weight is 278 g/mol. The van der Waals surface area contributed by atoms with Gasteiger partial charge in [-0.05, 0) is 24.3 Å². The summed E-state index contributed by atoms with van der Waals surface area (Å²) < 4.78 is 15.3. The van der Waals surface area contributed by atoms with Crippen molar-refractivity contribution in [1.82, 2.24) is 5.32 Å². The summed E-state index contributed by atoms with van der Waals surface area (Å²) in [6.45, 7) is 1.85. The number of ether oxygens (including phenoxy) is 3. The number of hydrogen-bond acceptors (Lipinski definition) is 5. The molecule has 0 unspecified atom stereocenters. The molecule has 0 aliphatic carbocycles. The number of nitrogens with one attached hydrogen (secondary N) is 1. The standard InChI is InChI=1S/C14H18N2O4/c1-18-8-9-19-7-6-16-14(17)11-20-13-4-2-12(10-15)3-5-13/h2-5H,6-9,11H2,1H3,(H,16,17). The van der Waals surface area contributed by atoms with E-state index < -0.39 is 0 Å². The lowest BCUT2D eigenvalue weighted by molar-refractivity contribution is -0.123. The van der Waals surface area contributed by atoms with Crippen molar-refractivity contribution in [2.24, 2.45) is 0 Å². The van der Waals surface area contributed by atoms with Crippen LogP contribution in [0, 0.1) is 11.3 Å². The van der Waals surface area contributed by atoms with Crippen LogP contribution >= 0.6 is 0 Å². The van der Waals surface area contributed by atoms with Crippen molar-refractivity contribution < 1.29 is 19.0 Å². The maximum Gasteiger partial charge on any atom is 0.258 e. The van der Waals surface area contributed by atoms with Crippen molar-refractivity contribution in [3.8, 4) is 11.8 Å². The van der Waals surface area contributed by atoms with E-state index in [2.05, 4.69) is 5.32 Å². The molecule has 0 aliphatic heterocycles. The van der Waals surface area contributed by atoms with Crippen molar-refractivity contribution in [3.05, 3.63) is 29.8 Å². The van der Waals surface area contributed by atoms with Crippen molar-refractivity contribution >= 4 is 5.91 Å². The van der Waals surface area contributed by atoms with Crippen molar-refractivity contribution in [2.45, 2.75) is 0 Å². The molecule has 0 saturated carbocycles. The Morgan fingerprint density at radius 1 is 1.25 bits per heavy atom. The van der Waals surface area contributed by atoms with E-state index in [-0.39, 0.29) is 12.5 Å². The molecule has 6 heteroatoms. The molecule has 0 heterocycles. The highest BCUT2D eigenvalue weighted by atomic mass is 16.5. The van der Waals surface area contributed by atoms with Gasteiger partial charge in [0.25, 0.3) is 5.91 Å². The lowest BCUT2D eigenvalue weighted by atomic mass is 10.2. The maximum atomic E-state index is 11.5. The van der Waals surface area contributed by atoms with E-state index in [1.54, 1.807) is 31.4 Å². The van der Waals surface area contributed by atoms with Gasteiger partial charge in [-0.15, -0.1) is 0 Å². The zero-order chi connectivity index (χ0) is 14.6. The molecule has 0 spiro atoms. The SMILES string of the molecule is COCCOCCNC(=O)COc1ccc(C#N)cc1. The van der Waals surface area contributed by atoms with Crippen molar-refractivity contribution in [1.29, 1.82) is 5.26 Å². The first kappa shape index (κ1) is 16.0. The van der Waals surface area contributed by atoms with Crippen LogP contribution in [-0.4, -0.2) is 46.0 Å². The molecule has 6 nitrogen and oxygen atoms in total. The Hall–Kier alpha value is -2.10. The number of benzene rings is 1. The van der Waals surface area contributed by atoms with E-state index in [9.17, 15) is 4.79 Å². The Bertz CT molecular complexity index is 439. The highest BCUT2D eigenvalue weighted by molar-refractivity contribution is 5.77. The maximum absolute atomic E-state index is 11.5. The molecular weight excluding hydrogens is 260 g/mol. The quantitative estimate of drug-likeness (QED) is 0.673. The van der Waals surface area contributed by atoms with Crippen LogP contribution in [0.15, 0.2) is 24.3 Å². The first-order valence-electron chi connectivity index (χ1n) is 6.22. The molecular formula is C14H18N2O4. The van der Waals surface area contributed by atoms with Gasteiger partial charge in [-0.25, -0.2) is 0 Å². The van der Waals surface area contributed by atoms with Gasteiger partial charge in [-0.1, -0.05) is 0 Å². The smallest absolute Gasteiger partial charge is 0.258 e. The molecule has 1 N–H and O–H groups in total. The van der Waals surface area contributed by atoms with E-state index in [1.165, 1.54) is 0 Å². The zero-order valence-electron chi connectivity index (χ0n) is 11.4. The Labute approximate surface area is 118 Å². The monoisotopic (exact) mass is 278 g/mol. The third kappa shape index (κ3) is 6.73. The van der Waals surface area contributed by atoms with Gasteiger partial charge in [-0.3, -0.25) is 4.79 Å². The second-order valence-electron chi connectivity index (χ2n) is 3.88. The van der Waals surface area contributed by atoms with E-state index >= 15 is 0 Å². The summed E-state index contributed by atoms with van der Waals surface area (Å²) >= 11 is 0. The summed E-state index contributed by atoms with van der Waals surface area (Å²) in [5.74, 6) is 0.334. The van der Waals surface area contributed by atoms with Gasteiger partial charge in [0.1, 0.15) is 5.75 Å². The average Bonchev–Trinajstić information content (AvgIpc) is 2.49. The first-order chi connectivity index (χ1) is 9.76. The number of amides is 1. The number of methoxy groups -OCH3 is 1. The van der Waals surface area contributed by atoms with Crippen molar-refractivity contribution in [2.75, 3.05) is 40.1 Å². The third-order valence-corrected chi connectivity index (χ3v) is 2.35. The lowest BCUT2D eigenvalue weighted by Crippen LogP contribution is -2.31. The number of carbonyl (C=O) groups excluding carboxylic acids is 1. The van der Waals surface area contributed by atoms with Gasteiger partial charge >= 0.3 is 0 Å². The molecule has 0 fully saturated rings. The predicted octanol–water partition coefficient (Wildman–Crippen LogP) is 0.716. The molecule has 0 bridgehead atoms. The molecule has 0 aliphatic rings. The Kier molecular flexibility index (Phi) is 7.80. The number of nitrogens with zero attached hydrogens (tertiary/aromatic N) is 1. The summed E-state index contributed by atoms with van der Waals surface area (Å²) in [6, 6.07) is 8.59. The van der Waals surface area contributed by atoms with Crippen LogP contribution in [0.2, 0.25) is 0 Å². The Morgan fingerprint density at radius 2 is 2.00 bits per heavy atom. The summed E-state index contributed by atoms with van der Waals surface area (Å²) in [5.41, 5.74) is 0.551. The van der Waals surface area contributed by atoms with Crippen LogP contribution in [-0.2, 0) is 14.3 Å². The normalized spacial score (nSPS) is 9.80. The first-order valence-corrected chi connectivity index (χ1v) is 6.22. The summed E-state index contributed by atoms with van der Waals surface area (Å²) in [7, 11) is 1.60. The molecule has 108 valence electrons. The molecule has 20 heavy (non-hydrogen) atoms. The van der Waals surface area contributed by atoms with Gasteiger partial charge in [-0.2, -0.15) is 5.26 Å². The van der Waals surface area contributed by atoms with Crippen LogP contribution in [0.3, 0.4) is 0 Å². The molecule has 0 atom stereocenters. The third-order valence-electron chi connectivity index (χ3n) is 2.35. The Morgan fingerprint density at radius 3 is 2.65 bits per heavy atom. The molecule has 0 aromatic heterocycles. The predicted molar refractivity (Wildman–Crippen MR) is 72.4 cm³/mol. The van der Waals surface area contributed by atoms with Crippen LogP contribution in [0.5, 0.6) is 5.75 Å². The number of carbonyl (C=O) groups is 1. The van der Waals surface area contributed by atoms with E-state index in [1.807, 2.05) is 6.07 Å². The van der Waals surface area contributed by atoms with E-state index in [0.717, 1.165) is 0 Å². The minimum absolute atomic E-state index is 0.0655. The van der Waals surface area contributed by atoms with Gasteiger partial charge in [0, 0.05) is 13.7 Å². The van der Waals surface area contributed by atoms with Crippen LogP contribution in [0.25, 0.3) is 0 Å². The van der Waals surface area contributed by atoms with Crippen LogP contribution < -0.4 is 10.1 Å². The number of hydrogen-bond donors (Lipinski definition) is 1. The minimum Gasteiger partial charge on any atom is -0.484 e. The van der Waals surface area contributed by atoms with Crippen LogP contribution in [0.4, 0.5) is 0 Å². The second-order valence-corrected chi connectivity index (χ2v) is 3.88. The number of nitriles is 1. The molecule has 0 radical (unpaired) electrons. The summed E-state index contributed by atoms with van der Waals surface area (Å²) in [5, 5.41) is 11.3. The van der Waals surface area contributed by atoms with E-state index in [0.29, 0.717) is 37.7 Å². The largest absolute Gasteiger partial charge is 0.484 e. The fraction of sp³-hybridized carbons (Fsp3) is 0.429. The molecule has 1 aromatic carbocycles. The molecule has 1 aromatic rings. The fourth-order valence-corrected chi connectivity index (χ4v) is 1.33. The molecule has 1 amide bonds. The van der Waals surface area contributed by atoms with E-state index in [4.69, 9.17) is 19.5 Å². The van der Waals surface area contributed by atoms with Gasteiger partial charge in [0.15, 0.2) is 6.61 Å². The number of rotatable bonds is 9. The lowest BCUT2D eigenvalue weighted by Gasteiger charge is -2.08. The molecule has 0 saturated heterocycles. The summed E-state index contributed by atoms with van der Waals surface area (Å²) in [4.78, 5) is 11.5. The van der Waals surface area contributed by atoms with Gasteiger partial charge in [0.05, 0.1) is 31.5 Å². The Balaban J connectivity index is 2.11. The van der Waals surface area contributed by atoms with Crippen LogP contribution in [0.1, 0.15) is 5.56 Å².